The van der Waals surface area contributed by atoms with E-state index in [4.69, 9.17) is 0 Å². The first-order valence-corrected chi connectivity index (χ1v) is 5.57. The molecule has 5 nitrogen and oxygen atoms in total. The molecule has 0 aliphatic carbocycles. The topological polar surface area (TPSA) is 68.3 Å². The van der Waals surface area contributed by atoms with Gasteiger partial charge >= 0.3 is 5.97 Å². The maximum absolute atomic E-state index is 13.4. The van der Waals surface area contributed by atoms with Gasteiger partial charge in [-0.05, 0) is 12.0 Å². The van der Waals surface area contributed by atoms with Crippen molar-refractivity contribution in [1.82, 2.24) is 10.3 Å². The number of carbonyl (C=O) groups is 2. The van der Waals surface area contributed by atoms with Crippen molar-refractivity contribution in [3.63, 3.8) is 0 Å². The Bertz CT molecular complexity index is 492. The zero-order valence-corrected chi connectivity index (χ0v) is 10.7. The number of halogens is 2. The van der Waals surface area contributed by atoms with E-state index >= 15 is 0 Å². The minimum Gasteiger partial charge on any atom is -0.467 e. The largest absolute Gasteiger partial charge is 0.467 e. The quantitative estimate of drug-likeness (QED) is 0.662. The van der Waals surface area contributed by atoms with Crippen molar-refractivity contribution < 1.29 is 23.1 Å². The summed E-state index contributed by atoms with van der Waals surface area (Å²) in [5, 5.41) is 2.30. The number of nitrogens with zero attached hydrogens (tertiary/aromatic N) is 1. The highest BCUT2D eigenvalue weighted by Gasteiger charge is 2.27. The van der Waals surface area contributed by atoms with Crippen molar-refractivity contribution in [1.29, 1.82) is 0 Å². The average molecular weight is 272 g/mol. The van der Waals surface area contributed by atoms with Crippen LogP contribution in [0.1, 0.15) is 24.2 Å². The molecular formula is C12H14F2N2O3. The molecule has 7 heteroatoms. The predicted molar refractivity (Wildman–Crippen MR) is 62.3 cm³/mol. The highest BCUT2D eigenvalue weighted by molar-refractivity contribution is 5.96. The smallest absolute Gasteiger partial charge is 0.328 e. The summed E-state index contributed by atoms with van der Waals surface area (Å²) in [4.78, 5) is 26.3. The molecule has 0 saturated heterocycles. The van der Waals surface area contributed by atoms with Gasteiger partial charge < -0.3 is 10.1 Å². The fourth-order valence-corrected chi connectivity index (χ4v) is 1.44. The van der Waals surface area contributed by atoms with Gasteiger partial charge in [0.25, 0.3) is 5.91 Å². The van der Waals surface area contributed by atoms with Gasteiger partial charge in [-0.2, -0.15) is 4.39 Å². The molecule has 0 aromatic carbocycles. The van der Waals surface area contributed by atoms with Gasteiger partial charge in [0.1, 0.15) is 6.04 Å². The van der Waals surface area contributed by atoms with E-state index in [2.05, 4.69) is 15.0 Å². The first-order chi connectivity index (χ1) is 8.88. The molecule has 1 rings (SSSR count). The SMILES string of the molecule is COC(=O)[C@@H](NC(=O)c1ccnc(F)c1F)C(C)C. The summed E-state index contributed by atoms with van der Waals surface area (Å²) in [7, 11) is 1.18. The predicted octanol–water partition coefficient (Wildman–Crippen LogP) is 1.29. The molecule has 0 radical (unpaired) electrons. The first-order valence-electron chi connectivity index (χ1n) is 5.57. The van der Waals surface area contributed by atoms with Crippen LogP contribution in [0.3, 0.4) is 0 Å². The normalized spacial score (nSPS) is 12.1. The Morgan fingerprint density at radius 3 is 2.53 bits per heavy atom. The van der Waals surface area contributed by atoms with Crippen molar-refractivity contribution in [2.75, 3.05) is 7.11 Å². The molecule has 104 valence electrons. The van der Waals surface area contributed by atoms with Crippen molar-refractivity contribution in [2.45, 2.75) is 19.9 Å². The van der Waals surface area contributed by atoms with Crippen LogP contribution in [0, 0.1) is 17.7 Å². The summed E-state index contributed by atoms with van der Waals surface area (Å²) in [5.74, 6) is -4.54. The van der Waals surface area contributed by atoms with Crippen LogP contribution in [-0.4, -0.2) is 30.0 Å². The number of ether oxygens (including phenoxy) is 1. The van der Waals surface area contributed by atoms with Crippen molar-refractivity contribution in [3.05, 3.63) is 29.6 Å². The molecule has 1 atom stereocenters. The summed E-state index contributed by atoms with van der Waals surface area (Å²) in [6.07, 6.45) is 0.968. The standard InChI is InChI=1S/C12H14F2N2O3/c1-6(2)9(12(18)19-3)16-11(17)7-4-5-15-10(14)8(7)13/h4-6,9H,1-3H3,(H,16,17)/t9-/m0/s1. The van der Waals surface area contributed by atoms with Gasteiger partial charge in [0, 0.05) is 6.20 Å². The van der Waals surface area contributed by atoms with Crippen LogP contribution in [0.15, 0.2) is 12.3 Å². The molecule has 0 bridgehead atoms. The zero-order chi connectivity index (χ0) is 14.6. The molecule has 19 heavy (non-hydrogen) atoms. The summed E-state index contributed by atoms with van der Waals surface area (Å²) < 4.78 is 30.8. The van der Waals surface area contributed by atoms with E-state index < -0.39 is 35.2 Å². The van der Waals surface area contributed by atoms with Gasteiger partial charge in [0.05, 0.1) is 12.7 Å². The Morgan fingerprint density at radius 1 is 1.37 bits per heavy atom. The molecule has 1 N–H and O–H groups in total. The summed E-state index contributed by atoms with van der Waals surface area (Å²) >= 11 is 0. The van der Waals surface area contributed by atoms with E-state index in [1.54, 1.807) is 13.8 Å². The van der Waals surface area contributed by atoms with Crippen molar-refractivity contribution in [3.8, 4) is 0 Å². The van der Waals surface area contributed by atoms with Crippen LogP contribution in [0.2, 0.25) is 0 Å². The molecule has 0 aliphatic heterocycles. The number of amides is 1. The van der Waals surface area contributed by atoms with Crippen LogP contribution in [-0.2, 0) is 9.53 Å². The molecule has 1 aromatic rings. The molecule has 0 spiro atoms. The van der Waals surface area contributed by atoms with Crippen LogP contribution in [0.5, 0.6) is 0 Å². The van der Waals surface area contributed by atoms with E-state index in [9.17, 15) is 18.4 Å². The van der Waals surface area contributed by atoms with E-state index in [1.165, 1.54) is 7.11 Å². The summed E-state index contributed by atoms with van der Waals surface area (Å²) in [6.45, 7) is 3.37. The van der Waals surface area contributed by atoms with E-state index in [0.29, 0.717) is 0 Å². The minimum atomic E-state index is -1.37. The maximum atomic E-state index is 13.4. The monoisotopic (exact) mass is 272 g/mol. The highest BCUT2D eigenvalue weighted by atomic mass is 19.2. The molecule has 1 amide bonds. The Balaban J connectivity index is 2.94. The molecule has 1 aromatic heterocycles. The third-order valence-corrected chi connectivity index (χ3v) is 2.50. The fraction of sp³-hybridized carbons (Fsp3) is 0.417. The van der Waals surface area contributed by atoms with Crippen LogP contribution < -0.4 is 5.32 Å². The molecule has 0 fully saturated rings. The number of aromatic nitrogens is 1. The molecule has 0 unspecified atom stereocenters. The lowest BCUT2D eigenvalue weighted by Gasteiger charge is -2.19. The summed E-state index contributed by atoms with van der Waals surface area (Å²) in [6, 6.07) is 0.0933. The number of pyridine rings is 1. The van der Waals surface area contributed by atoms with E-state index in [0.717, 1.165) is 12.3 Å². The highest BCUT2D eigenvalue weighted by Crippen LogP contribution is 2.11. The van der Waals surface area contributed by atoms with Crippen molar-refractivity contribution >= 4 is 11.9 Å². The van der Waals surface area contributed by atoms with Gasteiger partial charge in [0.2, 0.25) is 5.95 Å². The Labute approximate surface area is 109 Å². The lowest BCUT2D eigenvalue weighted by molar-refractivity contribution is -0.144. The van der Waals surface area contributed by atoms with Crippen LogP contribution in [0.4, 0.5) is 8.78 Å². The molecular weight excluding hydrogens is 258 g/mol. The minimum absolute atomic E-state index is 0.258. The third kappa shape index (κ3) is 3.46. The van der Waals surface area contributed by atoms with Gasteiger partial charge in [-0.15, -0.1) is 0 Å². The lowest BCUT2D eigenvalue weighted by Crippen LogP contribution is -2.45. The second kappa shape index (κ2) is 6.21. The fourth-order valence-electron chi connectivity index (χ4n) is 1.44. The zero-order valence-electron chi connectivity index (χ0n) is 10.7. The Kier molecular flexibility index (Phi) is 4.91. The first kappa shape index (κ1) is 15.0. The third-order valence-electron chi connectivity index (χ3n) is 2.50. The Hall–Kier alpha value is -2.05. The van der Waals surface area contributed by atoms with E-state index in [1.807, 2.05) is 0 Å². The van der Waals surface area contributed by atoms with Gasteiger partial charge in [-0.25, -0.2) is 14.2 Å². The number of nitrogens with one attached hydrogen (secondary N) is 1. The van der Waals surface area contributed by atoms with E-state index in [-0.39, 0.29) is 5.92 Å². The van der Waals surface area contributed by atoms with Gasteiger partial charge in [-0.3, -0.25) is 4.79 Å². The molecule has 0 saturated carbocycles. The average Bonchev–Trinajstić information content (AvgIpc) is 2.37. The van der Waals surface area contributed by atoms with Crippen LogP contribution >= 0.6 is 0 Å². The molecule has 1 heterocycles. The Morgan fingerprint density at radius 2 is 2.00 bits per heavy atom. The molecule has 0 aliphatic rings. The number of hydrogen-bond acceptors (Lipinski definition) is 4. The lowest BCUT2D eigenvalue weighted by atomic mass is 10.0. The number of rotatable bonds is 4. The summed E-state index contributed by atoms with van der Waals surface area (Å²) in [5.41, 5.74) is -0.512. The number of hydrogen-bond donors (Lipinski definition) is 1. The number of methoxy groups -OCH3 is 1. The second-order valence-corrected chi connectivity index (χ2v) is 4.18. The van der Waals surface area contributed by atoms with Gasteiger partial charge in [-0.1, -0.05) is 13.8 Å². The van der Waals surface area contributed by atoms with Gasteiger partial charge in [0.15, 0.2) is 5.82 Å². The van der Waals surface area contributed by atoms with Crippen LogP contribution in [0.25, 0.3) is 0 Å². The number of esters is 1. The van der Waals surface area contributed by atoms with Crippen molar-refractivity contribution in [2.24, 2.45) is 5.92 Å². The number of carbonyl (C=O) groups excluding carboxylic acids is 2. The second-order valence-electron chi connectivity index (χ2n) is 4.18. The maximum Gasteiger partial charge on any atom is 0.328 e.